The summed E-state index contributed by atoms with van der Waals surface area (Å²) in [6.07, 6.45) is -4.63. The molecule has 0 amide bonds. The molecule has 1 heterocycles. The van der Waals surface area contributed by atoms with E-state index in [0.29, 0.717) is 50.1 Å². The third-order valence-electron chi connectivity index (χ3n) is 14.1. The standard InChI is InChI=1S/C60H87N3O12/c1-31(37-25-40(55(7,8)9)49(67)41(26-37)56(10,11)12)46(64)34(4)73-61-52(70)62(74-35(5)47(65)32(2)38-27-42(57(13,14)15)50(68)43(28-38)58(16,17)18)54(72)63(53(61)71)75-36(6)48(66)33(3)39-29-44(59(19,20)21)51(69)45(30-39)60(22,23)24/h25-36,67-69H,1-24H3. The Hall–Kier alpha value is -6.12. The Kier molecular flexibility index (Phi) is 17.3. The Morgan fingerprint density at radius 2 is 0.493 bits per heavy atom. The molecular weight excluding hydrogens is 955 g/mol. The molecule has 4 aromatic rings. The quantitative estimate of drug-likeness (QED) is 0.102. The van der Waals surface area contributed by atoms with Crippen LogP contribution >= 0.6 is 0 Å². The van der Waals surface area contributed by atoms with Crippen molar-refractivity contribution in [3.63, 3.8) is 0 Å². The van der Waals surface area contributed by atoms with Gasteiger partial charge in [0.25, 0.3) is 0 Å². The minimum Gasteiger partial charge on any atom is -0.507 e. The van der Waals surface area contributed by atoms with E-state index >= 15 is 0 Å². The van der Waals surface area contributed by atoms with Gasteiger partial charge in [-0.15, -0.1) is 0 Å². The third kappa shape index (κ3) is 13.1. The van der Waals surface area contributed by atoms with E-state index < -0.39 is 103 Å². The molecule has 6 unspecified atom stereocenters. The monoisotopic (exact) mass is 1040 g/mol. The Morgan fingerprint density at radius 1 is 0.347 bits per heavy atom. The van der Waals surface area contributed by atoms with E-state index in [-0.39, 0.29) is 31.4 Å². The molecule has 15 heteroatoms. The highest BCUT2D eigenvalue weighted by molar-refractivity contribution is 5.90. The zero-order valence-electron chi connectivity index (χ0n) is 49.3. The number of benzene rings is 3. The van der Waals surface area contributed by atoms with Crippen LogP contribution in [0, 0.1) is 0 Å². The van der Waals surface area contributed by atoms with Crippen molar-refractivity contribution in [2.75, 3.05) is 0 Å². The lowest BCUT2D eigenvalue weighted by Gasteiger charge is -2.29. The highest BCUT2D eigenvalue weighted by atomic mass is 16.7. The van der Waals surface area contributed by atoms with Crippen LogP contribution in [0.4, 0.5) is 0 Å². The lowest BCUT2D eigenvalue weighted by atomic mass is 9.76. The molecule has 1 aromatic heterocycles. The van der Waals surface area contributed by atoms with Gasteiger partial charge in [-0.05, 0) is 103 Å². The summed E-state index contributed by atoms with van der Waals surface area (Å²) in [7, 11) is 0. The predicted octanol–water partition coefficient (Wildman–Crippen LogP) is 9.64. The number of Topliss-reactive ketones (excluding diaryl/α,β-unsaturated/α-hetero) is 3. The van der Waals surface area contributed by atoms with Gasteiger partial charge in [0.15, 0.2) is 35.7 Å². The summed E-state index contributed by atoms with van der Waals surface area (Å²) >= 11 is 0. The maximum absolute atomic E-state index is 14.5. The fraction of sp³-hybridized carbons (Fsp3) is 0.600. The van der Waals surface area contributed by atoms with Crippen LogP contribution < -0.4 is 31.6 Å². The van der Waals surface area contributed by atoms with E-state index in [1.165, 1.54) is 20.8 Å². The third-order valence-corrected chi connectivity index (χ3v) is 14.1. The van der Waals surface area contributed by atoms with Crippen molar-refractivity contribution in [2.45, 2.75) is 235 Å². The van der Waals surface area contributed by atoms with Crippen molar-refractivity contribution in [3.8, 4) is 17.2 Å². The molecule has 0 aliphatic heterocycles. The Morgan fingerprint density at radius 3 is 0.627 bits per heavy atom. The van der Waals surface area contributed by atoms with E-state index in [1.807, 2.05) is 125 Å². The molecular formula is C60H87N3O12. The highest BCUT2D eigenvalue weighted by Gasteiger charge is 2.36. The number of nitrogens with zero attached hydrogens (tertiary/aromatic N) is 3. The zero-order chi connectivity index (χ0) is 58.0. The van der Waals surface area contributed by atoms with Gasteiger partial charge in [0.2, 0.25) is 0 Å². The molecule has 75 heavy (non-hydrogen) atoms. The van der Waals surface area contributed by atoms with Crippen LogP contribution in [0.3, 0.4) is 0 Å². The number of hydrogen-bond acceptors (Lipinski definition) is 12. The molecule has 414 valence electrons. The van der Waals surface area contributed by atoms with Crippen molar-refractivity contribution < 1.29 is 44.2 Å². The molecule has 0 fully saturated rings. The van der Waals surface area contributed by atoms with Crippen LogP contribution in [0.1, 0.15) is 234 Å². The van der Waals surface area contributed by atoms with Crippen molar-refractivity contribution >= 4 is 17.3 Å². The molecule has 15 nitrogen and oxygen atoms in total. The zero-order valence-corrected chi connectivity index (χ0v) is 49.3. The van der Waals surface area contributed by atoms with Gasteiger partial charge in [-0.25, -0.2) is 14.4 Å². The van der Waals surface area contributed by atoms with Crippen molar-refractivity contribution in [1.29, 1.82) is 0 Å². The first-order chi connectivity index (χ1) is 33.7. The van der Waals surface area contributed by atoms with Crippen LogP contribution in [0.5, 0.6) is 17.2 Å². The largest absolute Gasteiger partial charge is 0.507 e. The molecule has 0 radical (unpaired) electrons. The first-order valence-electron chi connectivity index (χ1n) is 26.0. The van der Waals surface area contributed by atoms with Gasteiger partial charge >= 0.3 is 17.1 Å². The minimum atomic E-state index is -1.54. The lowest BCUT2D eigenvalue weighted by molar-refractivity contribution is -0.138. The number of phenolic OH excluding ortho intramolecular Hbond substituents is 3. The summed E-state index contributed by atoms with van der Waals surface area (Å²) in [4.78, 5) is 104. The van der Waals surface area contributed by atoms with Gasteiger partial charge in [0.1, 0.15) is 17.2 Å². The van der Waals surface area contributed by atoms with Gasteiger partial charge in [-0.3, -0.25) is 14.4 Å². The molecule has 0 aliphatic carbocycles. The van der Waals surface area contributed by atoms with Gasteiger partial charge in [-0.1, -0.05) is 196 Å². The smallest absolute Gasteiger partial charge is 0.403 e. The van der Waals surface area contributed by atoms with Crippen molar-refractivity contribution in [1.82, 2.24) is 14.2 Å². The summed E-state index contributed by atoms with van der Waals surface area (Å²) in [5, 5.41) is 34.2. The van der Waals surface area contributed by atoms with E-state index in [9.17, 15) is 44.1 Å². The maximum Gasteiger partial charge on any atom is 0.403 e. The number of rotatable bonds is 15. The molecule has 6 atom stereocenters. The first-order valence-corrected chi connectivity index (χ1v) is 26.0. The Bertz CT molecular complexity index is 2560. The molecule has 0 aliphatic rings. The molecule has 3 aromatic carbocycles. The van der Waals surface area contributed by atoms with E-state index in [1.54, 1.807) is 57.2 Å². The molecule has 4 rings (SSSR count). The molecule has 0 saturated heterocycles. The van der Waals surface area contributed by atoms with Crippen LogP contribution in [-0.4, -0.2) is 65.2 Å². The fourth-order valence-electron chi connectivity index (χ4n) is 9.09. The van der Waals surface area contributed by atoms with Gasteiger partial charge in [-0.2, -0.15) is 0 Å². The molecule has 0 bridgehead atoms. The SMILES string of the molecule is CC(On1c(=O)n(OC(C)C(=O)C(C)c2cc(C(C)(C)C)c(O)c(C(C)(C)C)c2)c(=O)n(OC(C)C(=O)C(C)c2cc(C(C)(C)C)c(O)c(C(C)(C)C)c2)c1=O)C(=O)C(C)c1cc(C(C)(C)C)c(O)c(C(C)(C)C)c1. The maximum atomic E-state index is 14.5. The number of carbonyl (C=O) groups excluding carboxylic acids is 3. The lowest BCUT2D eigenvalue weighted by Crippen LogP contribution is -2.62. The summed E-state index contributed by atoms with van der Waals surface area (Å²) < 4.78 is 0.394. The number of aromatic hydroxyl groups is 3. The number of phenols is 3. The first kappa shape index (κ1) is 61.4. The normalized spacial score (nSPS) is 15.4. The number of aromatic nitrogens is 3. The van der Waals surface area contributed by atoms with E-state index in [4.69, 9.17) is 14.5 Å². The Balaban J connectivity index is 1.89. The number of carbonyl (C=O) groups is 3. The van der Waals surface area contributed by atoms with Crippen LogP contribution in [-0.2, 0) is 46.9 Å². The van der Waals surface area contributed by atoms with Crippen molar-refractivity contribution in [2.24, 2.45) is 0 Å². The fourth-order valence-corrected chi connectivity index (χ4v) is 9.09. The average molecular weight is 1040 g/mol. The van der Waals surface area contributed by atoms with Gasteiger partial charge < -0.3 is 29.8 Å². The second-order valence-electron chi connectivity index (χ2n) is 26.7. The van der Waals surface area contributed by atoms with Crippen LogP contribution in [0.2, 0.25) is 0 Å². The highest BCUT2D eigenvalue weighted by Crippen LogP contribution is 2.44. The molecule has 3 N–H and O–H groups in total. The van der Waals surface area contributed by atoms with Crippen LogP contribution in [0.15, 0.2) is 50.8 Å². The summed E-state index contributed by atoms with van der Waals surface area (Å²) in [5.74, 6) is -4.13. The minimum absolute atomic E-state index is 0.112. The number of hydrogen-bond donors (Lipinski definition) is 3. The predicted molar refractivity (Wildman–Crippen MR) is 294 cm³/mol. The molecule has 0 spiro atoms. The number of ketones is 3. The second kappa shape index (κ2) is 21.1. The summed E-state index contributed by atoms with van der Waals surface area (Å²) in [5.41, 5.74) is -2.34. The van der Waals surface area contributed by atoms with E-state index in [0.717, 1.165) is 0 Å². The van der Waals surface area contributed by atoms with Gasteiger partial charge in [0, 0.05) is 17.8 Å². The molecule has 0 saturated carbocycles. The Labute approximate surface area is 444 Å². The van der Waals surface area contributed by atoms with Crippen molar-refractivity contribution in [3.05, 3.63) is 118 Å². The van der Waals surface area contributed by atoms with Gasteiger partial charge in [0.05, 0.1) is 0 Å². The summed E-state index contributed by atoms with van der Waals surface area (Å²) in [6, 6.07) is 10.5. The second-order valence-corrected chi connectivity index (χ2v) is 26.7. The topological polar surface area (TPSA) is 206 Å². The summed E-state index contributed by atoms with van der Waals surface area (Å²) in [6.45, 7) is 43.8. The van der Waals surface area contributed by atoms with Crippen LogP contribution in [0.25, 0.3) is 0 Å². The average Bonchev–Trinajstić information content (AvgIpc) is 3.26. The van der Waals surface area contributed by atoms with E-state index in [2.05, 4.69) is 0 Å².